The molecule has 2 aromatic rings. The molecule has 104 valence electrons. The molecule has 0 aliphatic rings. The molecule has 0 spiro atoms. The Kier molecular flexibility index (Phi) is 4.34. The zero-order valence-corrected chi connectivity index (χ0v) is 10.9. The Bertz CT molecular complexity index is 659. The van der Waals surface area contributed by atoms with Gasteiger partial charge in [-0.1, -0.05) is 0 Å². The van der Waals surface area contributed by atoms with Gasteiger partial charge in [0.2, 0.25) is 0 Å². The lowest BCUT2D eigenvalue weighted by Crippen LogP contribution is -1.98. The highest BCUT2D eigenvalue weighted by atomic mass is 32.2. The van der Waals surface area contributed by atoms with E-state index in [1.165, 1.54) is 6.07 Å². The molecular formula is C14H9F3O2S. The first-order valence-electron chi connectivity index (χ1n) is 5.56. The number of rotatable bonds is 4. The van der Waals surface area contributed by atoms with Crippen LogP contribution in [0.3, 0.4) is 0 Å². The third-order valence-electron chi connectivity index (χ3n) is 2.49. The molecule has 0 unspecified atom stereocenters. The Morgan fingerprint density at radius 3 is 2.50 bits per heavy atom. The zero-order valence-electron chi connectivity index (χ0n) is 10.1. The molecule has 2 nitrogen and oxygen atoms in total. The topological polar surface area (TPSA) is 37.3 Å². The SMILES string of the molecule is O=C(O)c1cc(F)cc(CSc2cc(F)ccc2F)c1. The molecule has 0 aliphatic heterocycles. The fourth-order valence-corrected chi connectivity index (χ4v) is 2.50. The number of carboxylic acids is 1. The Morgan fingerprint density at radius 1 is 1.05 bits per heavy atom. The summed E-state index contributed by atoms with van der Waals surface area (Å²) < 4.78 is 39.6. The van der Waals surface area contributed by atoms with Crippen LogP contribution in [-0.2, 0) is 5.75 Å². The first-order valence-corrected chi connectivity index (χ1v) is 6.55. The monoisotopic (exact) mass is 298 g/mol. The predicted octanol–water partition coefficient (Wildman–Crippen LogP) is 4.09. The van der Waals surface area contributed by atoms with E-state index >= 15 is 0 Å². The molecule has 0 amide bonds. The highest BCUT2D eigenvalue weighted by Gasteiger charge is 2.09. The van der Waals surface area contributed by atoms with E-state index in [0.29, 0.717) is 5.56 Å². The van der Waals surface area contributed by atoms with Crippen LogP contribution in [0.25, 0.3) is 0 Å². The molecule has 1 N–H and O–H groups in total. The van der Waals surface area contributed by atoms with Crippen LogP contribution in [0.4, 0.5) is 13.2 Å². The van der Waals surface area contributed by atoms with Crippen molar-refractivity contribution in [2.24, 2.45) is 0 Å². The Hall–Kier alpha value is -1.95. The lowest BCUT2D eigenvalue weighted by Gasteiger charge is -2.05. The van der Waals surface area contributed by atoms with Crippen molar-refractivity contribution >= 4 is 17.7 Å². The van der Waals surface area contributed by atoms with E-state index in [9.17, 15) is 18.0 Å². The average Bonchev–Trinajstić information content (AvgIpc) is 2.39. The van der Waals surface area contributed by atoms with Gasteiger partial charge in [0.25, 0.3) is 0 Å². The summed E-state index contributed by atoms with van der Waals surface area (Å²) in [7, 11) is 0. The first kappa shape index (κ1) is 14.5. The summed E-state index contributed by atoms with van der Waals surface area (Å²) in [5.74, 6) is -2.93. The van der Waals surface area contributed by atoms with E-state index in [-0.39, 0.29) is 16.2 Å². The van der Waals surface area contributed by atoms with Crippen molar-refractivity contribution in [3.05, 3.63) is 65.0 Å². The van der Waals surface area contributed by atoms with Crippen LogP contribution in [0.15, 0.2) is 41.3 Å². The summed E-state index contributed by atoms with van der Waals surface area (Å²) in [6.07, 6.45) is 0. The molecule has 2 aromatic carbocycles. The average molecular weight is 298 g/mol. The molecule has 0 saturated carbocycles. The van der Waals surface area contributed by atoms with Gasteiger partial charge < -0.3 is 5.11 Å². The summed E-state index contributed by atoms with van der Waals surface area (Å²) in [6, 6.07) is 6.42. The van der Waals surface area contributed by atoms with E-state index in [1.807, 2.05) is 0 Å². The molecule has 0 aromatic heterocycles. The number of hydrogen-bond acceptors (Lipinski definition) is 2. The minimum absolute atomic E-state index is 0.0890. The number of halogens is 3. The normalized spacial score (nSPS) is 10.6. The van der Waals surface area contributed by atoms with Gasteiger partial charge in [0.1, 0.15) is 17.5 Å². The van der Waals surface area contributed by atoms with E-state index in [0.717, 1.165) is 42.1 Å². The second kappa shape index (κ2) is 6.00. The lowest BCUT2D eigenvalue weighted by molar-refractivity contribution is 0.0696. The maximum atomic E-state index is 13.4. The van der Waals surface area contributed by atoms with Crippen LogP contribution >= 0.6 is 11.8 Å². The number of benzene rings is 2. The maximum absolute atomic E-state index is 13.4. The molecule has 0 saturated heterocycles. The summed E-state index contributed by atoms with van der Waals surface area (Å²) >= 11 is 0.969. The van der Waals surface area contributed by atoms with E-state index in [4.69, 9.17) is 5.11 Å². The molecule has 6 heteroatoms. The van der Waals surface area contributed by atoms with Gasteiger partial charge in [-0.3, -0.25) is 0 Å². The molecule has 0 fully saturated rings. The second-order valence-electron chi connectivity index (χ2n) is 4.02. The quantitative estimate of drug-likeness (QED) is 0.864. The number of thioether (sulfide) groups is 1. The number of carboxylic acid groups (broad SMARTS) is 1. The molecule has 0 atom stereocenters. The number of hydrogen-bond donors (Lipinski definition) is 1. The van der Waals surface area contributed by atoms with Crippen LogP contribution < -0.4 is 0 Å². The van der Waals surface area contributed by atoms with Gasteiger partial charge in [-0.15, -0.1) is 11.8 Å². The minimum atomic E-state index is -1.24. The van der Waals surface area contributed by atoms with Gasteiger partial charge in [-0.2, -0.15) is 0 Å². The maximum Gasteiger partial charge on any atom is 0.335 e. The van der Waals surface area contributed by atoms with Crippen LogP contribution in [0.2, 0.25) is 0 Å². The van der Waals surface area contributed by atoms with Crippen molar-refractivity contribution in [2.75, 3.05) is 0 Å². The Labute approximate surface area is 117 Å². The van der Waals surface area contributed by atoms with Crippen LogP contribution in [-0.4, -0.2) is 11.1 Å². The van der Waals surface area contributed by atoms with Gasteiger partial charge in [0, 0.05) is 10.6 Å². The van der Waals surface area contributed by atoms with Crippen molar-refractivity contribution in [1.82, 2.24) is 0 Å². The molecule has 2 rings (SSSR count). The molecule has 20 heavy (non-hydrogen) atoms. The minimum Gasteiger partial charge on any atom is -0.478 e. The standard InChI is InChI=1S/C14H9F3O2S/c15-10-1-2-12(17)13(6-10)20-7-8-3-9(14(18)19)5-11(16)4-8/h1-6H,7H2,(H,18,19). The highest BCUT2D eigenvalue weighted by molar-refractivity contribution is 7.98. The molecule has 0 heterocycles. The van der Waals surface area contributed by atoms with Crippen molar-refractivity contribution in [2.45, 2.75) is 10.6 Å². The third kappa shape index (κ3) is 3.54. The van der Waals surface area contributed by atoms with Crippen LogP contribution in [0.5, 0.6) is 0 Å². The van der Waals surface area contributed by atoms with Gasteiger partial charge in [0.05, 0.1) is 5.56 Å². The summed E-state index contributed by atoms with van der Waals surface area (Å²) in [4.78, 5) is 10.9. The largest absolute Gasteiger partial charge is 0.478 e. The molecule has 0 bridgehead atoms. The summed E-state index contributed by atoms with van der Waals surface area (Å²) in [5, 5.41) is 8.82. The van der Waals surface area contributed by atoms with E-state index in [1.54, 1.807) is 0 Å². The third-order valence-corrected chi connectivity index (χ3v) is 3.59. The summed E-state index contributed by atoms with van der Waals surface area (Å²) in [6.45, 7) is 0. The van der Waals surface area contributed by atoms with Crippen molar-refractivity contribution < 1.29 is 23.1 Å². The number of aromatic carboxylic acids is 1. The number of carbonyl (C=O) groups is 1. The van der Waals surface area contributed by atoms with Crippen molar-refractivity contribution in [3.8, 4) is 0 Å². The first-order chi connectivity index (χ1) is 9.45. The van der Waals surface area contributed by atoms with Gasteiger partial charge >= 0.3 is 5.97 Å². The lowest BCUT2D eigenvalue weighted by atomic mass is 10.1. The van der Waals surface area contributed by atoms with Gasteiger partial charge in [-0.25, -0.2) is 18.0 Å². The molecule has 0 aliphatic carbocycles. The Balaban J connectivity index is 2.18. The zero-order chi connectivity index (χ0) is 14.7. The fraction of sp³-hybridized carbons (Fsp3) is 0.0714. The predicted molar refractivity (Wildman–Crippen MR) is 69.3 cm³/mol. The Morgan fingerprint density at radius 2 is 1.80 bits per heavy atom. The smallest absolute Gasteiger partial charge is 0.335 e. The van der Waals surface area contributed by atoms with E-state index in [2.05, 4.69) is 0 Å². The van der Waals surface area contributed by atoms with E-state index < -0.39 is 23.4 Å². The molecule has 0 radical (unpaired) electrons. The van der Waals surface area contributed by atoms with Crippen LogP contribution in [0.1, 0.15) is 15.9 Å². The van der Waals surface area contributed by atoms with Gasteiger partial charge in [-0.05, 0) is 42.0 Å². The van der Waals surface area contributed by atoms with Gasteiger partial charge in [0.15, 0.2) is 0 Å². The van der Waals surface area contributed by atoms with Crippen LogP contribution in [0, 0.1) is 17.5 Å². The fourth-order valence-electron chi connectivity index (χ4n) is 1.61. The second-order valence-corrected chi connectivity index (χ2v) is 5.03. The summed E-state index contributed by atoms with van der Waals surface area (Å²) in [5.41, 5.74) is 0.205. The van der Waals surface area contributed by atoms with Crippen molar-refractivity contribution in [3.63, 3.8) is 0 Å². The highest BCUT2D eigenvalue weighted by Crippen LogP contribution is 2.27. The van der Waals surface area contributed by atoms with Crippen molar-refractivity contribution in [1.29, 1.82) is 0 Å². The molecular weight excluding hydrogens is 289 g/mol.